The van der Waals surface area contributed by atoms with Gasteiger partial charge in [-0.3, -0.25) is 0 Å². The van der Waals surface area contributed by atoms with Crippen molar-refractivity contribution < 1.29 is 14.9 Å². The molecule has 0 aromatic carbocycles. The first-order valence-electron chi connectivity index (χ1n) is 11.1. The maximum Gasteiger partial charge on any atom is 0.100 e. The van der Waals surface area contributed by atoms with Gasteiger partial charge in [-0.1, -0.05) is 104 Å². The number of hydrogen-bond donors (Lipinski definition) is 2. The molecule has 0 amide bonds. The summed E-state index contributed by atoms with van der Waals surface area (Å²) in [6.45, 7) is 5.44. The van der Waals surface area contributed by atoms with Crippen LogP contribution in [-0.4, -0.2) is 36.1 Å². The molecule has 0 heterocycles. The zero-order chi connectivity index (χ0) is 18.6. The molecule has 0 aromatic heterocycles. The fourth-order valence-corrected chi connectivity index (χ4v) is 3.37. The summed E-state index contributed by atoms with van der Waals surface area (Å²) in [5, 5.41) is 17.8. The molecule has 0 spiro atoms. The molecule has 0 fully saturated rings. The van der Waals surface area contributed by atoms with Gasteiger partial charge in [0.05, 0.1) is 13.2 Å². The molecule has 3 heteroatoms. The van der Waals surface area contributed by atoms with Gasteiger partial charge in [-0.2, -0.15) is 0 Å². The van der Waals surface area contributed by atoms with Crippen LogP contribution in [0.25, 0.3) is 0 Å². The fourth-order valence-electron chi connectivity index (χ4n) is 3.37. The maximum atomic E-state index is 9.13. The molecule has 3 nitrogen and oxygen atoms in total. The average molecular weight is 359 g/mol. The number of hydrogen-bond acceptors (Lipinski definition) is 3. The highest BCUT2D eigenvalue weighted by Crippen LogP contribution is 2.16. The first kappa shape index (κ1) is 24.9. The van der Waals surface area contributed by atoms with Crippen molar-refractivity contribution >= 4 is 0 Å². The summed E-state index contributed by atoms with van der Waals surface area (Å²) in [5.41, 5.74) is 0. The van der Waals surface area contributed by atoms with Crippen LogP contribution in [0.2, 0.25) is 0 Å². The minimum absolute atomic E-state index is 0.210. The molecule has 0 aliphatic carbocycles. The maximum absolute atomic E-state index is 9.13. The van der Waals surface area contributed by atoms with Gasteiger partial charge in [0.25, 0.3) is 0 Å². The Morgan fingerprint density at radius 3 is 1.68 bits per heavy atom. The lowest BCUT2D eigenvalue weighted by atomic mass is 9.98. The molecule has 25 heavy (non-hydrogen) atoms. The summed E-state index contributed by atoms with van der Waals surface area (Å²) < 4.78 is 5.30. The highest BCUT2D eigenvalue weighted by molar-refractivity contribution is 4.54. The van der Waals surface area contributed by atoms with Crippen molar-refractivity contribution in [2.75, 3.05) is 19.8 Å². The number of ether oxygens (including phenoxy) is 1. The van der Waals surface area contributed by atoms with E-state index >= 15 is 0 Å². The Labute approximate surface area is 157 Å². The van der Waals surface area contributed by atoms with Crippen molar-refractivity contribution in [3.05, 3.63) is 0 Å². The molecule has 0 aliphatic rings. The molecule has 1 unspecified atom stereocenters. The lowest BCUT2D eigenvalue weighted by molar-refractivity contribution is 0.00526. The van der Waals surface area contributed by atoms with Crippen LogP contribution in [0.4, 0.5) is 0 Å². The van der Waals surface area contributed by atoms with E-state index in [1.54, 1.807) is 0 Å². The molecule has 0 bridgehead atoms. The normalized spacial score (nSPS) is 13.9. The van der Waals surface area contributed by atoms with E-state index in [2.05, 4.69) is 13.8 Å². The number of rotatable bonds is 20. The van der Waals surface area contributed by atoms with Crippen molar-refractivity contribution in [1.29, 1.82) is 0 Å². The zero-order valence-electron chi connectivity index (χ0n) is 17.2. The Bertz CT molecular complexity index is 245. The Hall–Kier alpha value is -0.120. The lowest BCUT2D eigenvalue weighted by Crippen LogP contribution is -2.19. The molecule has 2 atom stereocenters. The second-order valence-corrected chi connectivity index (χ2v) is 7.84. The zero-order valence-corrected chi connectivity index (χ0v) is 17.2. The van der Waals surface area contributed by atoms with Gasteiger partial charge in [0, 0.05) is 6.61 Å². The molecule has 152 valence electrons. The number of aliphatic hydroxyl groups excluding tert-OH is 2. The molecule has 0 rings (SSSR count). The van der Waals surface area contributed by atoms with Crippen molar-refractivity contribution in [3.63, 3.8) is 0 Å². The van der Waals surface area contributed by atoms with E-state index in [4.69, 9.17) is 14.9 Å². The predicted molar refractivity (Wildman–Crippen MR) is 108 cm³/mol. The Kier molecular flexibility index (Phi) is 20.1. The van der Waals surface area contributed by atoms with E-state index in [1.165, 1.54) is 89.9 Å². The number of unbranched alkanes of at least 4 members (excludes halogenated alkanes) is 11. The first-order chi connectivity index (χ1) is 12.2. The minimum atomic E-state index is -0.718. The van der Waals surface area contributed by atoms with Crippen molar-refractivity contribution in [2.45, 2.75) is 116 Å². The van der Waals surface area contributed by atoms with E-state index in [0.29, 0.717) is 6.61 Å². The van der Waals surface area contributed by atoms with Crippen LogP contribution in [0.5, 0.6) is 0 Å². The summed E-state index contributed by atoms with van der Waals surface area (Å²) in [6, 6.07) is 0. The van der Waals surface area contributed by atoms with Gasteiger partial charge in [0.2, 0.25) is 0 Å². The molecule has 0 saturated heterocycles. The predicted octanol–water partition coefficient (Wildman–Crippen LogP) is 5.86. The monoisotopic (exact) mass is 358 g/mol. The fraction of sp³-hybridized carbons (Fsp3) is 1.00. The van der Waals surface area contributed by atoms with Crippen molar-refractivity contribution in [1.82, 2.24) is 0 Å². The van der Waals surface area contributed by atoms with E-state index in [-0.39, 0.29) is 13.2 Å². The molecular formula is C22H46O3. The van der Waals surface area contributed by atoms with Gasteiger partial charge in [0.1, 0.15) is 6.10 Å². The summed E-state index contributed by atoms with van der Waals surface area (Å²) in [4.78, 5) is 0. The second kappa shape index (κ2) is 20.2. The van der Waals surface area contributed by atoms with Gasteiger partial charge in [-0.15, -0.1) is 0 Å². The highest BCUT2D eigenvalue weighted by atomic mass is 16.5. The van der Waals surface area contributed by atoms with Crippen LogP contribution >= 0.6 is 0 Å². The Balaban J connectivity index is 3.05. The van der Waals surface area contributed by atoms with Crippen LogP contribution in [0.3, 0.4) is 0 Å². The number of aliphatic hydroxyl groups is 2. The average Bonchev–Trinajstić information content (AvgIpc) is 2.61. The molecule has 0 saturated carbocycles. The van der Waals surface area contributed by atoms with E-state index in [9.17, 15) is 0 Å². The lowest BCUT2D eigenvalue weighted by Gasteiger charge is -2.09. The third-order valence-electron chi connectivity index (χ3n) is 5.04. The molecular weight excluding hydrogens is 312 g/mol. The van der Waals surface area contributed by atoms with Crippen LogP contribution in [0.1, 0.15) is 110 Å². The van der Waals surface area contributed by atoms with Gasteiger partial charge >= 0.3 is 0 Å². The van der Waals surface area contributed by atoms with Gasteiger partial charge in [-0.25, -0.2) is 0 Å². The molecule has 0 radical (unpaired) electrons. The Morgan fingerprint density at radius 2 is 1.20 bits per heavy atom. The molecule has 0 aliphatic heterocycles. The highest BCUT2D eigenvalue weighted by Gasteiger charge is 2.01. The SMILES string of the molecule is CCCC(C)CCCCCCCCCCCCCCOC[C@@H](O)CO. The topological polar surface area (TPSA) is 49.7 Å². The molecule has 2 N–H and O–H groups in total. The summed E-state index contributed by atoms with van der Waals surface area (Å²) in [7, 11) is 0. The van der Waals surface area contributed by atoms with E-state index in [0.717, 1.165) is 12.3 Å². The second-order valence-electron chi connectivity index (χ2n) is 7.84. The molecule has 0 aromatic rings. The van der Waals surface area contributed by atoms with Crippen LogP contribution in [0, 0.1) is 5.92 Å². The summed E-state index contributed by atoms with van der Waals surface area (Å²) in [5.74, 6) is 0.934. The van der Waals surface area contributed by atoms with Gasteiger partial charge in [-0.05, 0) is 12.3 Å². The first-order valence-corrected chi connectivity index (χ1v) is 11.1. The largest absolute Gasteiger partial charge is 0.394 e. The van der Waals surface area contributed by atoms with E-state index in [1.807, 2.05) is 0 Å². The van der Waals surface area contributed by atoms with E-state index < -0.39 is 6.10 Å². The van der Waals surface area contributed by atoms with Crippen molar-refractivity contribution in [2.24, 2.45) is 5.92 Å². The minimum Gasteiger partial charge on any atom is -0.394 e. The smallest absolute Gasteiger partial charge is 0.100 e. The van der Waals surface area contributed by atoms with Crippen molar-refractivity contribution in [3.8, 4) is 0 Å². The standard InChI is InChI=1S/C22H46O3/c1-3-16-21(2)17-14-12-10-8-6-4-5-7-9-11-13-15-18-25-20-22(24)19-23/h21-24H,3-20H2,1-2H3/t21?,22-/m0/s1. The van der Waals surface area contributed by atoms with Crippen LogP contribution in [-0.2, 0) is 4.74 Å². The van der Waals surface area contributed by atoms with Gasteiger partial charge < -0.3 is 14.9 Å². The summed E-state index contributed by atoms with van der Waals surface area (Å²) >= 11 is 0. The summed E-state index contributed by atoms with van der Waals surface area (Å²) in [6.07, 6.45) is 19.7. The quantitative estimate of drug-likeness (QED) is 0.268. The third kappa shape index (κ3) is 20.0. The third-order valence-corrected chi connectivity index (χ3v) is 5.04. The van der Waals surface area contributed by atoms with Gasteiger partial charge in [0.15, 0.2) is 0 Å². The van der Waals surface area contributed by atoms with Crippen LogP contribution in [0.15, 0.2) is 0 Å². The Morgan fingerprint density at radius 1 is 0.720 bits per heavy atom. The van der Waals surface area contributed by atoms with Crippen LogP contribution < -0.4 is 0 Å².